The maximum Gasteiger partial charge on any atom is 0.308 e. The van der Waals surface area contributed by atoms with E-state index in [1.54, 1.807) is 37.6 Å². The standard InChI is InChI=1S/C26H28ClF2N3O3S/c1-35-17-5-7-23-18(13-17)24(20(27)14-31-23)21(28)6-4-16-8-10-32(15-19(16)26(33)34)11-12-36-25-22(29)3-2-9-30-25/h2-3,5,7,9,13-14,16,19,21H,4,6,8,10-12,15H2,1H3,(H,33,34). The number of carbonyl (C=O) groups is 1. The minimum absolute atomic E-state index is 0.140. The molecule has 3 unspecified atom stereocenters. The van der Waals surface area contributed by atoms with Crippen molar-refractivity contribution in [3.63, 3.8) is 0 Å². The second kappa shape index (κ2) is 12.2. The number of benzene rings is 1. The number of ether oxygens (including phenoxy) is 1. The number of hydrogen-bond donors (Lipinski definition) is 1. The van der Waals surface area contributed by atoms with Crippen molar-refractivity contribution in [2.75, 3.05) is 32.5 Å². The van der Waals surface area contributed by atoms with Crippen molar-refractivity contribution in [3.8, 4) is 5.75 Å². The molecule has 0 radical (unpaired) electrons. The Bertz CT molecular complexity index is 1220. The van der Waals surface area contributed by atoms with E-state index in [1.165, 1.54) is 24.0 Å². The van der Waals surface area contributed by atoms with Gasteiger partial charge >= 0.3 is 5.97 Å². The molecule has 0 aliphatic carbocycles. The number of piperidine rings is 1. The average Bonchev–Trinajstić information content (AvgIpc) is 2.88. The Morgan fingerprint density at radius 3 is 2.94 bits per heavy atom. The second-order valence-corrected chi connectivity index (χ2v) is 10.4. The van der Waals surface area contributed by atoms with Gasteiger partial charge in [0.15, 0.2) is 5.82 Å². The summed E-state index contributed by atoms with van der Waals surface area (Å²) in [5.41, 5.74) is 0.988. The predicted molar refractivity (Wildman–Crippen MR) is 137 cm³/mol. The van der Waals surface area contributed by atoms with E-state index in [0.29, 0.717) is 65.5 Å². The maximum absolute atomic E-state index is 15.5. The summed E-state index contributed by atoms with van der Waals surface area (Å²) in [6.45, 7) is 1.73. The van der Waals surface area contributed by atoms with Crippen LogP contribution in [-0.2, 0) is 4.79 Å². The van der Waals surface area contributed by atoms with Gasteiger partial charge in [-0.3, -0.25) is 9.78 Å². The van der Waals surface area contributed by atoms with Gasteiger partial charge in [-0.2, -0.15) is 0 Å². The van der Waals surface area contributed by atoms with E-state index in [-0.39, 0.29) is 23.2 Å². The minimum Gasteiger partial charge on any atom is -0.497 e. The van der Waals surface area contributed by atoms with Gasteiger partial charge in [-0.25, -0.2) is 13.8 Å². The number of fused-ring (bicyclic) bond motifs is 1. The first-order valence-electron chi connectivity index (χ1n) is 11.8. The molecule has 2 aromatic heterocycles. The van der Waals surface area contributed by atoms with Crippen LogP contribution in [0.15, 0.2) is 47.8 Å². The number of halogens is 3. The lowest BCUT2D eigenvalue weighted by molar-refractivity contribution is -0.146. The van der Waals surface area contributed by atoms with E-state index in [9.17, 15) is 14.3 Å². The Balaban J connectivity index is 1.37. The van der Waals surface area contributed by atoms with E-state index in [4.69, 9.17) is 16.3 Å². The summed E-state index contributed by atoms with van der Waals surface area (Å²) in [6.07, 6.45) is 2.90. The van der Waals surface area contributed by atoms with E-state index in [2.05, 4.69) is 14.9 Å². The molecule has 1 N–H and O–H groups in total. The van der Waals surface area contributed by atoms with Crippen LogP contribution in [0.5, 0.6) is 5.75 Å². The van der Waals surface area contributed by atoms with Gasteiger partial charge < -0.3 is 14.7 Å². The number of carboxylic acid groups (broad SMARTS) is 1. The number of aliphatic carboxylic acids is 1. The molecule has 1 fully saturated rings. The predicted octanol–water partition coefficient (Wildman–Crippen LogP) is 6.04. The molecule has 36 heavy (non-hydrogen) atoms. The lowest BCUT2D eigenvalue weighted by Crippen LogP contribution is -2.44. The number of carboxylic acids is 1. The van der Waals surface area contributed by atoms with E-state index >= 15 is 4.39 Å². The number of aromatic nitrogens is 2. The van der Waals surface area contributed by atoms with Gasteiger partial charge in [-0.05, 0) is 62.1 Å². The van der Waals surface area contributed by atoms with Crippen LogP contribution in [0, 0.1) is 17.7 Å². The first-order chi connectivity index (χ1) is 17.4. The summed E-state index contributed by atoms with van der Waals surface area (Å²) in [4.78, 5) is 22.4. The zero-order chi connectivity index (χ0) is 25.7. The number of rotatable bonds is 10. The molecule has 0 bridgehead atoms. The quantitative estimate of drug-likeness (QED) is 0.317. The zero-order valence-corrected chi connectivity index (χ0v) is 21.4. The molecular weight excluding hydrogens is 508 g/mol. The number of pyridine rings is 2. The van der Waals surface area contributed by atoms with Gasteiger partial charge in [0.05, 0.1) is 23.6 Å². The third kappa shape index (κ3) is 6.25. The molecule has 1 saturated heterocycles. The van der Waals surface area contributed by atoms with Crippen LogP contribution in [0.4, 0.5) is 8.78 Å². The number of likely N-dealkylation sites (tertiary alicyclic amines) is 1. The van der Waals surface area contributed by atoms with Crippen molar-refractivity contribution in [1.82, 2.24) is 14.9 Å². The Morgan fingerprint density at radius 2 is 2.19 bits per heavy atom. The molecule has 0 amide bonds. The molecule has 10 heteroatoms. The van der Waals surface area contributed by atoms with E-state index < -0.39 is 18.1 Å². The summed E-state index contributed by atoms with van der Waals surface area (Å²) < 4.78 is 34.6. The third-order valence-electron chi connectivity index (χ3n) is 6.70. The molecule has 4 rings (SSSR count). The fourth-order valence-corrected chi connectivity index (χ4v) is 5.92. The monoisotopic (exact) mass is 535 g/mol. The van der Waals surface area contributed by atoms with Crippen molar-refractivity contribution in [1.29, 1.82) is 0 Å². The smallest absolute Gasteiger partial charge is 0.308 e. The molecule has 1 aliphatic heterocycles. The maximum atomic E-state index is 15.5. The molecule has 192 valence electrons. The van der Waals surface area contributed by atoms with Gasteiger partial charge in [0.1, 0.15) is 16.9 Å². The van der Waals surface area contributed by atoms with Gasteiger partial charge in [-0.1, -0.05) is 11.6 Å². The summed E-state index contributed by atoms with van der Waals surface area (Å²) >= 11 is 7.66. The van der Waals surface area contributed by atoms with Crippen molar-refractivity contribution in [2.45, 2.75) is 30.5 Å². The summed E-state index contributed by atoms with van der Waals surface area (Å²) in [6, 6.07) is 8.17. The number of thioether (sulfide) groups is 1. The molecule has 3 atom stereocenters. The Labute approximate surface area is 218 Å². The highest BCUT2D eigenvalue weighted by Gasteiger charge is 2.34. The van der Waals surface area contributed by atoms with Gasteiger partial charge in [0.2, 0.25) is 0 Å². The second-order valence-electron chi connectivity index (χ2n) is 8.88. The van der Waals surface area contributed by atoms with E-state index in [0.717, 1.165) is 0 Å². The minimum atomic E-state index is -1.35. The van der Waals surface area contributed by atoms with Crippen LogP contribution < -0.4 is 4.74 Å². The van der Waals surface area contributed by atoms with Crippen molar-refractivity contribution < 1.29 is 23.4 Å². The van der Waals surface area contributed by atoms with Crippen LogP contribution in [0.25, 0.3) is 10.9 Å². The Hall–Kier alpha value is -2.49. The molecule has 3 heterocycles. The first-order valence-corrected chi connectivity index (χ1v) is 13.2. The molecule has 0 spiro atoms. The highest BCUT2D eigenvalue weighted by molar-refractivity contribution is 7.99. The lowest BCUT2D eigenvalue weighted by atomic mass is 9.81. The fourth-order valence-electron chi connectivity index (χ4n) is 4.76. The molecule has 6 nitrogen and oxygen atoms in total. The lowest BCUT2D eigenvalue weighted by Gasteiger charge is -2.36. The Kier molecular flexibility index (Phi) is 8.98. The molecule has 0 saturated carbocycles. The number of methoxy groups -OCH3 is 1. The molecular formula is C26H28ClF2N3O3S. The van der Waals surface area contributed by atoms with Gasteiger partial charge in [0, 0.05) is 42.2 Å². The van der Waals surface area contributed by atoms with Crippen LogP contribution in [-0.4, -0.2) is 58.4 Å². The number of alkyl halides is 1. The van der Waals surface area contributed by atoms with E-state index in [1.807, 2.05) is 0 Å². The summed E-state index contributed by atoms with van der Waals surface area (Å²) in [7, 11) is 1.54. The molecule has 1 aromatic carbocycles. The van der Waals surface area contributed by atoms with Crippen LogP contribution in [0.1, 0.15) is 31.0 Å². The first kappa shape index (κ1) is 26.6. The normalized spacial score (nSPS) is 19.3. The van der Waals surface area contributed by atoms with Crippen LogP contribution in [0.3, 0.4) is 0 Å². The molecule has 1 aliphatic rings. The highest BCUT2D eigenvalue weighted by atomic mass is 35.5. The van der Waals surface area contributed by atoms with Crippen molar-refractivity contribution in [3.05, 3.63) is 59.1 Å². The third-order valence-corrected chi connectivity index (χ3v) is 7.96. The number of nitrogens with zero attached hydrogens (tertiary/aromatic N) is 3. The summed E-state index contributed by atoms with van der Waals surface area (Å²) in [5.74, 6) is -0.769. The Morgan fingerprint density at radius 1 is 1.36 bits per heavy atom. The van der Waals surface area contributed by atoms with Crippen molar-refractivity contribution >= 4 is 40.2 Å². The van der Waals surface area contributed by atoms with Gasteiger partial charge in [0.25, 0.3) is 0 Å². The molecule has 3 aromatic rings. The summed E-state index contributed by atoms with van der Waals surface area (Å²) in [5, 5.41) is 11.0. The van der Waals surface area contributed by atoms with Gasteiger partial charge in [-0.15, -0.1) is 11.8 Å². The number of hydrogen-bond acceptors (Lipinski definition) is 6. The fraction of sp³-hybridized carbons (Fsp3) is 0.423. The largest absolute Gasteiger partial charge is 0.497 e. The van der Waals surface area contributed by atoms with Crippen LogP contribution >= 0.6 is 23.4 Å². The topological polar surface area (TPSA) is 75.5 Å². The zero-order valence-electron chi connectivity index (χ0n) is 19.9. The average molecular weight is 536 g/mol. The van der Waals surface area contributed by atoms with Crippen LogP contribution in [0.2, 0.25) is 5.02 Å². The highest BCUT2D eigenvalue weighted by Crippen LogP contribution is 2.38. The SMILES string of the molecule is COc1ccc2ncc(Cl)c(C(F)CCC3CCN(CCSc4ncccc4F)CC3C(=O)O)c2c1. The van der Waals surface area contributed by atoms with Crippen molar-refractivity contribution in [2.24, 2.45) is 11.8 Å².